The number of likely N-dealkylation sites (tertiary alicyclic amines) is 1. The highest BCUT2D eigenvalue weighted by Crippen LogP contribution is 2.36. The summed E-state index contributed by atoms with van der Waals surface area (Å²) in [6, 6.07) is 6.41. The number of β-amino-alcohol motifs (C(OH)–C–C–N with tert-alkyl or cyclic N) is 1. The van der Waals surface area contributed by atoms with Crippen LogP contribution in [-0.2, 0) is 0 Å². The van der Waals surface area contributed by atoms with Crippen LogP contribution in [0.1, 0.15) is 11.8 Å². The molecule has 0 bridgehead atoms. The minimum Gasteiger partial charge on any atom is -0.386 e. The van der Waals surface area contributed by atoms with E-state index in [9.17, 15) is 23.4 Å². The first-order chi connectivity index (χ1) is 13.2. The molecule has 0 aliphatic carbocycles. The van der Waals surface area contributed by atoms with Gasteiger partial charge >= 0.3 is 0 Å². The lowest BCUT2D eigenvalue weighted by Crippen LogP contribution is -2.67. The molecule has 0 spiro atoms. The number of aliphatic hydroxyl groups is 2. The second kappa shape index (κ2) is 8.51. The van der Waals surface area contributed by atoms with Crippen molar-refractivity contribution in [1.82, 2.24) is 15.8 Å². The first kappa shape index (κ1) is 21.3. The van der Waals surface area contributed by atoms with Crippen LogP contribution in [-0.4, -0.2) is 47.4 Å². The molecule has 28 heavy (non-hydrogen) atoms. The third-order valence-electron chi connectivity index (χ3n) is 4.53. The zero-order chi connectivity index (χ0) is 20.5. The van der Waals surface area contributed by atoms with Crippen molar-refractivity contribution < 1.29 is 23.4 Å². The van der Waals surface area contributed by atoms with Gasteiger partial charge < -0.3 is 15.5 Å². The molecular weight excluding hydrogens is 488 g/mol. The van der Waals surface area contributed by atoms with Gasteiger partial charge in [-0.2, -0.15) is 0 Å². The number of rotatable bonds is 7. The summed E-state index contributed by atoms with van der Waals surface area (Å²) in [7, 11) is 1.66. The summed E-state index contributed by atoms with van der Waals surface area (Å²) in [6.07, 6.45) is -1.31. The van der Waals surface area contributed by atoms with Crippen molar-refractivity contribution in [3.05, 3.63) is 56.9 Å². The Hall–Kier alpha value is -1.44. The Labute approximate surface area is 173 Å². The highest BCUT2D eigenvalue weighted by Gasteiger charge is 2.44. The Morgan fingerprint density at radius 3 is 2.54 bits per heavy atom. The van der Waals surface area contributed by atoms with Gasteiger partial charge in [0.1, 0.15) is 17.6 Å². The molecule has 1 unspecified atom stereocenters. The smallest absolute Gasteiger partial charge is 0.182 e. The van der Waals surface area contributed by atoms with E-state index >= 15 is 0 Å². The largest absolute Gasteiger partial charge is 0.386 e. The summed E-state index contributed by atoms with van der Waals surface area (Å²) >= 11 is 1.93. The van der Waals surface area contributed by atoms with Gasteiger partial charge in [-0.05, 0) is 60.0 Å². The number of benzene rings is 2. The molecule has 0 aromatic heterocycles. The Kier molecular flexibility index (Phi) is 6.47. The monoisotopic (exact) mass is 508 g/mol. The van der Waals surface area contributed by atoms with E-state index in [1.807, 2.05) is 22.6 Å². The maximum absolute atomic E-state index is 14.5. The minimum absolute atomic E-state index is 0.0421. The molecule has 6 nitrogen and oxygen atoms in total. The quantitative estimate of drug-likeness (QED) is 0.292. The normalized spacial score (nSPS) is 17.2. The van der Waals surface area contributed by atoms with E-state index in [0.717, 1.165) is 6.07 Å². The number of nitrogens with zero attached hydrogens (tertiary/aromatic N) is 1. The van der Waals surface area contributed by atoms with Crippen molar-refractivity contribution in [2.75, 3.05) is 32.0 Å². The van der Waals surface area contributed by atoms with E-state index in [0.29, 0.717) is 3.57 Å². The molecule has 152 valence electrons. The molecule has 10 heteroatoms. The predicted molar refractivity (Wildman–Crippen MR) is 107 cm³/mol. The summed E-state index contributed by atoms with van der Waals surface area (Å²) in [5.74, 6) is -2.97. The maximum atomic E-state index is 14.5. The van der Waals surface area contributed by atoms with Crippen LogP contribution in [0, 0.1) is 21.0 Å². The van der Waals surface area contributed by atoms with Gasteiger partial charge in [-0.15, -0.1) is 0 Å². The summed E-state index contributed by atoms with van der Waals surface area (Å²) in [5.41, 5.74) is 4.08. The molecule has 1 saturated heterocycles. The summed E-state index contributed by atoms with van der Waals surface area (Å²) < 4.78 is 43.1. The second-order valence-corrected chi connectivity index (χ2v) is 7.93. The lowest BCUT2D eigenvalue weighted by Gasteiger charge is -2.48. The number of hydrogen-bond acceptors (Lipinski definition) is 6. The Morgan fingerprint density at radius 2 is 1.89 bits per heavy atom. The molecule has 0 saturated carbocycles. The maximum Gasteiger partial charge on any atom is 0.182 e. The highest BCUT2D eigenvalue weighted by atomic mass is 127. The first-order valence-corrected chi connectivity index (χ1v) is 9.56. The van der Waals surface area contributed by atoms with Gasteiger partial charge in [0.25, 0.3) is 0 Å². The van der Waals surface area contributed by atoms with Gasteiger partial charge in [-0.1, -0.05) is 0 Å². The molecule has 1 aliphatic rings. The number of aliphatic hydroxyl groups excluding tert-OH is 1. The minimum atomic E-state index is -1.31. The van der Waals surface area contributed by atoms with E-state index in [4.69, 9.17) is 0 Å². The standard InChI is InChI=1S/C18H20F3IN4O2/c1-23-24-7-18(28)8-26(9-18)17(27)11-3-4-12(19)15(21)16(11)25-14-5-2-10(22)6-13(14)20/h2-6,17,23-25,27-28H,7-9H2,1H3. The molecule has 2 aromatic carbocycles. The van der Waals surface area contributed by atoms with Crippen molar-refractivity contribution >= 4 is 34.0 Å². The fraction of sp³-hybridized carbons (Fsp3) is 0.333. The van der Waals surface area contributed by atoms with Gasteiger partial charge in [0.05, 0.1) is 11.4 Å². The van der Waals surface area contributed by atoms with Gasteiger partial charge in [-0.3, -0.25) is 15.8 Å². The van der Waals surface area contributed by atoms with E-state index in [-0.39, 0.29) is 36.6 Å². The Morgan fingerprint density at radius 1 is 1.18 bits per heavy atom. The number of hydrazine groups is 1. The van der Waals surface area contributed by atoms with Crippen LogP contribution >= 0.6 is 22.6 Å². The first-order valence-electron chi connectivity index (χ1n) is 8.48. The zero-order valence-electron chi connectivity index (χ0n) is 14.9. The van der Waals surface area contributed by atoms with Crippen molar-refractivity contribution in [1.29, 1.82) is 0 Å². The van der Waals surface area contributed by atoms with Crippen LogP contribution < -0.4 is 16.2 Å². The highest BCUT2D eigenvalue weighted by molar-refractivity contribution is 14.1. The SMILES string of the molecule is CNNCC1(O)CN(C(O)c2ccc(F)c(F)c2Nc2ccc(I)cc2F)C1. The van der Waals surface area contributed by atoms with Crippen LogP contribution in [0.3, 0.4) is 0 Å². The number of halogens is 4. The van der Waals surface area contributed by atoms with Gasteiger partial charge in [0, 0.05) is 28.8 Å². The molecule has 1 aliphatic heterocycles. The molecule has 5 N–H and O–H groups in total. The molecular formula is C18H20F3IN4O2. The van der Waals surface area contributed by atoms with Crippen molar-refractivity contribution in [2.24, 2.45) is 0 Å². The third-order valence-corrected chi connectivity index (χ3v) is 5.20. The van der Waals surface area contributed by atoms with Crippen molar-refractivity contribution in [3.8, 4) is 0 Å². The van der Waals surface area contributed by atoms with Gasteiger partial charge in [0.2, 0.25) is 0 Å². The fourth-order valence-corrected chi connectivity index (χ4v) is 3.53. The fourth-order valence-electron chi connectivity index (χ4n) is 3.08. The molecule has 0 radical (unpaired) electrons. The van der Waals surface area contributed by atoms with Gasteiger partial charge in [-0.25, -0.2) is 13.2 Å². The van der Waals surface area contributed by atoms with Crippen LogP contribution in [0.25, 0.3) is 0 Å². The summed E-state index contributed by atoms with van der Waals surface area (Å²) in [4.78, 5) is 1.50. The average molecular weight is 508 g/mol. The van der Waals surface area contributed by atoms with E-state index in [1.54, 1.807) is 13.1 Å². The zero-order valence-corrected chi connectivity index (χ0v) is 17.1. The number of hydrogen-bond donors (Lipinski definition) is 5. The molecule has 1 atom stereocenters. The predicted octanol–water partition coefficient (Wildman–Crippen LogP) is 2.21. The van der Waals surface area contributed by atoms with E-state index < -0.39 is 29.3 Å². The number of anilines is 2. The third kappa shape index (κ3) is 4.42. The molecule has 2 aromatic rings. The molecule has 1 fully saturated rings. The molecule has 3 rings (SSSR count). The van der Waals surface area contributed by atoms with E-state index in [1.165, 1.54) is 23.1 Å². The second-order valence-electron chi connectivity index (χ2n) is 6.68. The van der Waals surface area contributed by atoms with Crippen LogP contribution in [0.2, 0.25) is 0 Å². The van der Waals surface area contributed by atoms with Crippen LogP contribution in [0.4, 0.5) is 24.5 Å². The summed E-state index contributed by atoms with van der Waals surface area (Å²) in [6.45, 7) is 0.502. The van der Waals surface area contributed by atoms with Crippen molar-refractivity contribution in [3.63, 3.8) is 0 Å². The number of nitrogens with one attached hydrogen (secondary N) is 3. The van der Waals surface area contributed by atoms with Crippen molar-refractivity contribution in [2.45, 2.75) is 11.8 Å². The lowest BCUT2D eigenvalue weighted by atomic mass is 9.92. The van der Waals surface area contributed by atoms with Crippen LogP contribution in [0.15, 0.2) is 30.3 Å². The Bertz CT molecular complexity index is 865. The van der Waals surface area contributed by atoms with E-state index in [2.05, 4.69) is 16.2 Å². The van der Waals surface area contributed by atoms with Crippen LogP contribution in [0.5, 0.6) is 0 Å². The van der Waals surface area contributed by atoms with Gasteiger partial charge in [0.15, 0.2) is 11.6 Å². The molecule has 1 heterocycles. The lowest BCUT2D eigenvalue weighted by molar-refractivity contribution is -0.160. The summed E-state index contributed by atoms with van der Waals surface area (Å²) in [5, 5.41) is 23.5. The molecule has 0 amide bonds. The topological polar surface area (TPSA) is 79.8 Å². The average Bonchev–Trinajstić information content (AvgIpc) is 2.63. The Balaban J connectivity index is 1.85.